The molecule has 0 aliphatic carbocycles. The number of nitrogens with one attached hydrogen (secondary N) is 1. The summed E-state index contributed by atoms with van der Waals surface area (Å²) in [7, 11) is -3.34. The molecule has 1 aromatic rings. The van der Waals surface area contributed by atoms with Gasteiger partial charge in [0.2, 0.25) is 10.0 Å². The summed E-state index contributed by atoms with van der Waals surface area (Å²) in [6.07, 6.45) is 0. The Hall–Kier alpha value is -0.680. The van der Waals surface area contributed by atoms with E-state index in [-0.39, 0.29) is 0 Å². The lowest BCUT2D eigenvalue weighted by Gasteiger charge is -2.09. The fourth-order valence-electron chi connectivity index (χ4n) is 0.756. The molecule has 0 aliphatic rings. The first-order valence-electron chi connectivity index (χ1n) is 3.77. The highest BCUT2D eigenvalue weighted by atomic mass is 32.3. The summed E-state index contributed by atoms with van der Waals surface area (Å²) in [6, 6.07) is 8.73. The summed E-state index contributed by atoms with van der Waals surface area (Å²) in [5.74, 6) is 0. The van der Waals surface area contributed by atoms with Gasteiger partial charge in [-0.3, -0.25) is 4.72 Å². The van der Waals surface area contributed by atoms with Crippen LogP contribution in [0.1, 0.15) is 6.92 Å². The molecule has 1 atom stereocenters. The van der Waals surface area contributed by atoms with Gasteiger partial charge in [0.25, 0.3) is 0 Å². The molecule has 0 aromatic heterocycles. The predicted molar refractivity (Wildman–Crippen MR) is 57.4 cm³/mol. The average molecular weight is 217 g/mol. The molecule has 1 unspecified atom stereocenters. The molecule has 1 aromatic carbocycles. The van der Waals surface area contributed by atoms with Gasteiger partial charge in [0.1, 0.15) is 4.58 Å². The zero-order valence-electron chi connectivity index (χ0n) is 7.14. The normalized spacial score (nSPS) is 13.7. The van der Waals surface area contributed by atoms with Gasteiger partial charge in [-0.1, -0.05) is 18.2 Å². The third-order valence-corrected chi connectivity index (χ3v) is 3.73. The second-order valence-electron chi connectivity index (χ2n) is 2.61. The number of para-hydroxylation sites is 1. The first kappa shape index (κ1) is 10.4. The van der Waals surface area contributed by atoms with Gasteiger partial charge in [-0.25, -0.2) is 8.42 Å². The third kappa shape index (κ3) is 2.93. The van der Waals surface area contributed by atoms with Crippen LogP contribution >= 0.6 is 12.6 Å². The minimum absolute atomic E-state index is 0.559. The van der Waals surface area contributed by atoms with Gasteiger partial charge in [-0.2, -0.15) is 12.6 Å². The number of benzene rings is 1. The van der Waals surface area contributed by atoms with Crippen LogP contribution < -0.4 is 4.72 Å². The average Bonchev–Trinajstić information content (AvgIpc) is 2.05. The molecule has 1 N–H and O–H groups in total. The van der Waals surface area contributed by atoms with Crippen molar-refractivity contribution in [3.05, 3.63) is 30.3 Å². The van der Waals surface area contributed by atoms with E-state index >= 15 is 0 Å². The van der Waals surface area contributed by atoms with Crippen LogP contribution in [0.3, 0.4) is 0 Å². The van der Waals surface area contributed by atoms with E-state index in [4.69, 9.17) is 0 Å². The van der Waals surface area contributed by atoms with E-state index < -0.39 is 14.6 Å². The minimum atomic E-state index is -3.34. The molecule has 1 rings (SSSR count). The second-order valence-corrected chi connectivity index (χ2v) is 5.74. The number of rotatable bonds is 3. The van der Waals surface area contributed by atoms with Gasteiger partial charge in [0.05, 0.1) is 0 Å². The van der Waals surface area contributed by atoms with Crippen molar-refractivity contribution in [2.75, 3.05) is 4.72 Å². The number of hydrogen-bond acceptors (Lipinski definition) is 3. The summed E-state index contributed by atoms with van der Waals surface area (Å²) >= 11 is 3.86. The smallest absolute Gasteiger partial charge is 0.244 e. The fraction of sp³-hybridized carbons (Fsp3) is 0.250. The Labute approximate surface area is 83.6 Å². The summed E-state index contributed by atoms with van der Waals surface area (Å²) in [6.45, 7) is 1.51. The Kier molecular flexibility index (Phi) is 3.22. The molecule has 0 bridgehead atoms. The van der Waals surface area contributed by atoms with E-state index in [1.807, 2.05) is 6.07 Å². The summed E-state index contributed by atoms with van der Waals surface area (Å²) in [5, 5.41) is 0. The van der Waals surface area contributed by atoms with Crippen LogP contribution in [0.2, 0.25) is 0 Å². The molecule has 3 nitrogen and oxygen atoms in total. The van der Waals surface area contributed by atoms with Crippen molar-refractivity contribution in [2.24, 2.45) is 0 Å². The maximum atomic E-state index is 11.3. The maximum absolute atomic E-state index is 11.3. The quantitative estimate of drug-likeness (QED) is 0.757. The lowest BCUT2D eigenvalue weighted by atomic mass is 10.3. The highest BCUT2D eigenvalue weighted by Crippen LogP contribution is 2.12. The predicted octanol–water partition coefficient (Wildman–Crippen LogP) is 1.70. The second kappa shape index (κ2) is 4.02. The zero-order valence-corrected chi connectivity index (χ0v) is 8.85. The van der Waals surface area contributed by atoms with Crippen LogP contribution in [0.5, 0.6) is 0 Å². The lowest BCUT2D eigenvalue weighted by molar-refractivity contribution is 0.600. The molecule has 0 saturated carbocycles. The van der Waals surface area contributed by atoms with E-state index in [1.54, 1.807) is 24.3 Å². The summed E-state index contributed by atoms with van der Waals surface area (Å²) < 4.78 is 24.3. The van der Waals surface area contributed by atoms with Crippen LogP contribution in [0.15, 0.2) is 30.3 Å². The fourth-order valence-corrected chi connectivity index (χ4v) is 1.55. The van der Waals surface area contributed by atoms with Crippen molar-refractivity contribution in [1.82, 2.24) is 0 Å². The molecule has 13 heavy (non-hydrogen) atoms. The zero-order chi connectivity index (χ0) is 9.90. The van der Waals surface area contributed by atoms with E-state index in [2.05, 4.69) is 17.4 Å². The molecule has 0 saturated heterocycles. The summed E-state index contributed by atoms with van der Waals surface area (Å²) in [4.78, 5) is 0. The molecule has 0 spiro atoms. The SMILES string of the molecule is CC(S)S(=O)(=O)Nc1ccccc1. The molecule has 0 radical (unpaired) electrons. The van der Waals surface area contributed by atoms with Crippen LogP contribution in [0, 0.1) is 0 Å². The van der Waals surface area contributed by atoms with Crippen LogP contribution in [0.25, 0.3) is 0 Å². The van der Waals surface area contributed by atoms with Crippen LogP contribution in [-0.2, 0) is 10.0 Å². The van der Waals surface area contributed by atoms with Gasteiger partial charge in [0, 0.05) is 5.69 Å². The number of thiol groups is 1. The maximum Gasteiger partial charge on any atom is 0.244 e. The van der Waals surface area contributed by atoms with E-state index in [1.165, 1.54) is 6.92 Å². The highest BCUT2D eigenvalue weighted by molar-refractivity contribution is 8.05. The molecule has 0 fully saturated rings. The monoisotopic (exact) mass is 217 g/mol. The van der Waals surface area contributed by atoms with Crippen molar-refractivity contribution in [2.45, 2.75) is 11.5 Å². The van der Waals surface area contributed by atoms with Gasteiger partial charge in [0.15, 0.2) is 0 Å². The first-order chi connectivity index (χ1) is 6.02. The highest BCUT2D eigenvalue weighted by Gasteiger charge is 2.15. The third-order valence-electron chi connectivity index (χ3n) is 1.48. The lowest BCUT2D eigenvalue weighted by Crippen LogP contribution is -2.20. The Morgan fingerprint density at radius 2 is 1.85 bits per heavy atom. The number of sulfonamides is 1. The van der Waals surface area contributed by atoms with Gasteiger partial charge < -0.3 is 0 Å². The van der Waals surface area contributed by atoms with Crippen LogP contribution in [0.4, 0.5) is 5.69 Å². The van der Waals surface area contributed by atoms with Crippen molar-refractivity contribution in [1.29, 1.82) is 0 Å². The van der Waals surface area contributed by atoms with Gasteiger partial charge in [-0.15, -0.1) is 0 Å². The van der Waals surface area contributed by atoms with Crippen LogP contribution in [-0.4, -0.2) is 13.0 Å². The van der Waals surface area contributed by atoms with Gasteiger partial charge >= 0.3 is 0 Å². The number of hydrogen-bond donors (Lipinski definition) is 2. The Morgan fingerprint density at radius 1 is 1.31 bits per heavy atom. The molecule has 0 amide bonds. The number of anilines is 1. The minimum Gasteiger partial charge on any atom is -0.283 e. The first-order valence-corrected chi connectivity index (χ1v) is 5.83. The molecule has 5 heteroatoms. The van der Waals surface area contributed by atoms with Crippen molar-refractivity contribution in [3.63, 3.8) is 0 Å². The molecular weight excluding hydrogens is 206 g/mol. The topological polar surface area (TPSA) is 46.2 Å². The Morgan fingerprint density at radius 3 is 2.31 bits per heavy atom. The molecule has 72 valence electrons. The molecular formula is C8H11NO2S2. The van der Waals surface area contributed by atoms with Gasteiger partial charge in [-0.05, 0) is 19.1 Å². The molecule has 0 heterocycles. The largest absolute Gasteiger partial charge is 0.283 e. The summed E-state index contributed by atoms with van der Waals surface area (Å²) in [5.41, 5.74) is 0.559. The van der Waals surface area contributed by atoms with E-state index in [0.717, 1.165) is 0 Å². The van der Waals surface area contributed by atoms with E-state index in [9.17, 15) is 8.42 Å². The Bertz CT molecular complexity index is 359. The van der Waals surface area contributed by atoms with Crippen molar-refractivity contribution >= 4 is 28.3 Å². The van der Waals surface area contributed by atoms with Crippen molar-refractivity contribution in [3.8, 4) is 0 Å². The Balaban J connectivity index is 2.82. The van der Waals surface area contributed by atoms with E-state index in [0.29, 0.717) is 5.69 Å². The molecule has 0 aliphatic heterocycles. The van der Waals surface area contributed by atoms with Crippen molar-refractivity contribution < 1.29 is 8.42 Å². The standard InChI is InChI=1S/C8H11NO2S2/c1-7(12)13(10,11)9-8-5-3-2-4-6-8/h2-7,9,12H,1H3.